The van der Waals surface area contributed by atoms with Crippen molar-refractivity contribution in [3.8, 4) is 0 Å². The first-order valence-electron chi connectivity index (χ1n) is 7.52. The summed E-state index contributed by atoms with van der Waals surface area (Å²) in [4.78, 5) is 6.78. The van der Waals surface area contributed by atoms with Crippen molar-refractivity contribution in [3.05, 3.63) is 29.8 Å². The van der Waals surface area contributed by atoms with Crippen LogP contribution in [0, 0.1) is 0 Å². The number of benzene rings is 1. The third kappa shape index (κ3) is 3.26. The van der Waals surface area contributed by atoms with Gasteiger partial charge < -0.3 is 4.90 Å². The van der Waals surface area contributed by atoms with Gasteiger partial charge in [0.2, 0.25) is 0 Å². The van der Waals surface area contributed by atoms with Crippen LogP contribution < -0.4 is 4.90 Å². The van der Waals surface area contributed by atoms with Gasteiger partial charge in [0.15, 0.2) is 0 Å². The molecule has 110 valence electrons. The van der Waals surface area contributed by atoms with Crippen molar-refractivity contribution in [2.45, 2.75) is 32.7 Å². The fourth-order valence-electron chi connectivity index (χ4n) is 2.55. The molecule has 21 heavy (non-hydrogen) atoms. The van der Waals surface area contributed by atoms with Gasteiger partial charge in [0, 0.05) is 31.5 Å². The zero-order valence-electron chi connectivity index (χ0n) is 12.3. The molecule has 1 aliphatic heterocycles. The number of piperidine rings is 1. The number of tetrazole rings is 1. The Morgan fingerprint density at radius 3 is 2.62 bits per heavy atom. The summed E-state index contributed by atoms with van der Waals surface area (Å²) >= 11 is 0. The van der Waals surface area contributed by atoms with Crippen molar-refractivity contribution >= 4 is 17.9 Å². The van der Waals surface area contributed by atoms with E-state index in [9.17, 15) is 0 Å². The summed E-state index contributed by atoms with van der Waals surface area (Å²) in [5.41, 5.74) is 2.35. The van der Waals surface area contributed by atoms with Gasteiger partial charge in [0.1, 0.15) is 0 Å². The average molecular weight is 284 g/mol. The molecular formula is C15H20N6. The molecule has 0 amide bonds. The monoisotopic (exact) mass is 284 g/mol. The van der Waals surface area contributed by atoms with Gasteiger partial charge in [-0.15, -0.1) is 0 Å². The molecule has 1 aromatic heterocycles. The van der Waals surface area contributed by atoms with Crippen molar-refractivity contribution in [2.75, 3.05) is 18.0 Å². The molecule has 2 heterocycles. The smallest absolute Gasteiger partial charge is 0.269 e. The molecule has 1 saturated heterocycles. The van der Waals surface area contributed by atoms with Gasteiger partial charge in [-0.3, -0.25) is 0 Å². The predicted molar refractivity (Wildman–Crippen MR) is 83.3 cm³/mol. The van der Waals surface area contributed by atoms with Crippen LogP contribution in [0.5, 0.6) is 0 Å². The quantitative estimate of drug-likeness (QED) is 0.809. The number of rotatable bonds is 4. The summed E-state index contributed by atoms with van der Waals surface area (Å²) in [6, 6.07) is 8.51. The second-order valence-corrected chi connectivity index (χ2v) is 5.19. The van der Waals surface area contributed by atoms with Gasteiger partial charge in [0.25, 0.3) is 5.95 Å². The Bertz CT molecular complexity index is 595. The zero-order chi connectivity index (χ0) is 14.5. The maximum absolute atomic E-state index is 4.34. The number of hydrogen-bond donors (Lipinski definition) is 0. The van der Waals surface area contributed by atoms with Gasteiger partial charge in [-0.1, -0.05) is 17.2 Å². The highest BCUT2D eigenvalue weighted by Crippen LogP contribution is 2.19. The van der Waals surface area contributed by atoms with Crippen molar-refractivity contribution in [2.24, 2.45) is 4.99 Å². The maximum Gasteiger partial charge on any atom is 0.269 e. The van der Waals surface area contributed by atoms with Crippen molar-refractivity contribution < 1.29 is 0 Å². The minimum Gasteiger partial charge on any atom is -0.372 e. The summed E-state index contributed by atoms with van der Waals surface area (Å²) in [5, 5.41) is 11.4. The van der Waals surface area contributed by atoms with E-state index < -0.39 is 0 Å². The highest BCUT2D eigenvalue weighted by molar-refractivity contribution is 5.81. The van der Waals surface area contributed by atoms with E-state index in [0.717, 1.165) is 5.56 Å². The second-order valence-electron chi connectivity index (χ2n) is 5.19. The molecule has 3 rings (SSSR count). The van der Waals surface area contributed by atoms with Gasteiger partial charge in [-0.05, 0) is 54.3 Å². The number of anilines is 1. The summed E-state index contributed by atoms with van der Waals surface area (Å²) in [5.74, 6) is 0.539. The van der Waals surface area contributed by atoms with E-state index >= 15 is 0 Å². The normalized spacial score (nSPS) is 15.8. The molecule has 1 fully saturated rings. The maximum atomic E-state index is 4.34. The number of aryl methyl sites for hydroxylation is 1. The van der Waals surface area contributed by atoms with Crippen LogP contribution >= 0.6 is 0 Å². The Kier molecular flexibility index (Phi) is 4.23. The first-order chi connectivity index (χ1) is 10.4. The lowest BCUT2D eigenvalue weighted by Gasteiger charge is -2.28. The molecule has 0 N–H and O–H groups in total. The van der Waals surface area contributed by atoms with E-state index in [2.05, 4.69) is 49.7 Å². The van der Waals surface area contributed by atoms with Gasteiger partial charge in [0.05, 0.1) is 0 Å². The summed E-state index contributed by atoms with van der Waals surface area (Å²) in [6.07, 6.45) is 5.75. The summed E-state index contributed by atoms with van der Waals surface area (Å²) in [6.45, 7) is 5.04. The van der Waals surface area contributed by atoms with Crippen LogP contribution in [-0.4, -0.2) is 39.5 Å². The first-order valence-corrected chi connectivity index (χ1v) is 7.52. The Hall–Kier alpha value is -2.24. The minimum absolute atomic E-state index is 0.539. The standard InChI is InChI=1S/C15H20N6/c1-2-21-15(17-18-19-21)16-12-13-6-8-14(9-7-13)20-10-4-3-5-11-20/h6-9,12H,2-5,10-11H2,1H3/b16-12+. The van der Waals surface area contributed by atoms with Crippen molar-refractivity contribution in [1.82, 2.24) is 20.2 Å². The zero-order valence-corrected chi connectivity index (χ0v) is 12.3. The van der Waals surface area contributed by atoms with Crippen LogP contribution in [0.1, 0.15) is 31.7 Å². The highest BCUT2D eigenvalue weighted by Gasteiger charge is 2.10. The van der Waals surface area contributed by atoms with Crippen molar-refractivity contribution in [1.29, 1.82) is 0 Å². The van der Waals surface area contributed by atoms with Gasteiger partial charge in [-0.25, -0.2) is 9.67 Å². The largest absolute Gasteiger partial charge is 0.372 e. The fraction of sp³-hybridized carbons (Fsp3) is 0.467. The highest BCUT2D eigenvalue weighted by atomic mass is 15.6. The molecule has 0 saturated carbocycles. The molecule has 6 heteroatoms. The molecule has 0 bridgehead atoms. The van der Waals surface area contributed by atoms with Crippen LogP contribution in [0.3, 0.4) is 0 Å². The Balaban J connectivity index is 1.69. The van der Waals surface area contributed by atoms with Crippen LogP contribution in [-0.2, 0) is 6.54 Å². The molecule has 6 nitrogen and oxygen atoms in total. The molecule has 1 aliphatic rings. The average Bonchev–Trinajstić information content (AvgIpc) is 3.02. The topological polar surface area (TPSA) is 59.2 Å². The summed E-state index contributed by atoms with van der Waals surface area (Å²) in [7, 11) is 0. The Morgan fingerprint density at radius 1 is 1.14 bits per heavy atom. The van der Waals surface area contributed by atoms with E-state index in [4.69, 9.17) is 0 Å². The van der Waals surface area contributed by atoms with E-state index in [0.29, 0.717) is 12.5 Å². The molecule has 0 aliphatic carbocycles. The lowest BCUT2D eigenvalue weighted by molar-refractivity contribution is 0.578. The molecule has 2 aromatic rings. The SMILES string of the molecule is CCn1nnnc1/N=C/c1ccc(N2CCCCC2)cc1. The van der Waals surface area contributed by atoms with E-state index in [1.165, 1.54) is 38.0 Å². The van der Waals surface area contributed by atoms with Crippen LogP contribution in [0.25, 0.3) is 0 Å². The fourth-order valence-corrected chi connectivity index (χ4v) is 2.55. The van der Waals surface area contributed by atoms with Crippen LogP contribution in [0.15, 0.2) is 29.3 Å². The number of nitrogens with zero attached hydrogens (tertiary/aromatic N) is 6. The number of aromatic nitrogens is 4. The molecule has 1 aromatic carbocycles. The van der Waals surface area contributed by atoms with E-state index in [1.807, 2.05) is 6.92 Å². The van der Waals surface area contributed by atoms with Crippen LogP contribution in [0.4, 0.5) is 11.6 Å². The molecule has 0 radical (unpaired) electrons. The van der Waals surface area contributed by atoms with Gasteiger partial charge in [-0.2, -0.15) is 0 Å². The van der Waals surface area contributed by atoms with E-state index in [1.54, 1.807) is 10.9 Å². The second kappa shape index (κ2) is 6.47. The lowest BCUT2D eigenvalue weighted by Crippen LogP contribution is -2.29. The van der Waals surface area contributed by atoms with Crippen LogP contribution in [0.2, 0.25) is 0 Å². The van der Waals surface area contributed by atoms with E-state index in [-0.39, 0.29) is 0 Å². The Labute approximate surface area is 124 Å². The predicted octanol–water partition coefficient (Wildman–Crippen LogP) is 2.43. The third-order valence-electron chi connectivity index (χ3n) is 3.76. The molecular weight excluding hydrogens is 264 g/mol. The number of aliphatic imine (C=N–C) groups is 1. The summed E-state index contributed by atoms with van der Waals surface area (Å²) < 4.78 is 1.67. The molecule has 0 atom stereocenters. The molecule has 0 unspecified atom stereocenters. The lowest BCUT2D eigenvalue weighted by atomic mass is 10.1. The van der Waals surface area contributed by atoms with Crippen molar-refractivity contribution in [3.63, 3.8) is 0 Å². The third-order valence-corrected chi connectivity index (χ3v) is 3.76. The molecule has 0 spiro atoms. The van der Waals surface area contributed by atoms with Gasteiger partial charge >= 0.3 is 0 Å². The number of hydrogen-bond acceptors (Lipinski definition) is 5. The minimum atomic E-state index is 0.539. The Morgan fingerprint density at radius 2 is 1.90 bits per heavy atom. The first kappa shape index (κ1) is 13.7.